The first-order chi connectivity index (χ1) is 9.08. The molecule has 0 fully saturated rings. The van der Waals surface area contributed by atoms with E-state index in [-0.39, 0.29) is 5.78 Å². The quantitative estimate of drug-likeness (QED) is 0.537. The summed E-state index contributed by atoms with van der Waals surface area (Å²) in [6.45, 7) is 0. The molecule has 0 aliphatic heterocycles. The fourth-order valence-electron chi connectivity index (χ4n) is 1.54. The van der Waals surface area contributed by atoms with Gasteiger partial charge in [0, 0.05) is 5.56 Å². The molecule has 0 saturated heterocycles. The van der Waals surface area contributed by atoms with E-state index in [1.54, 1.807) is 48.5 Å². The van der Waals surface area contributed by atoms with Crippen molar-refractivity contribution in [2.75, 3.05) is 0 Å². The highest BCUT2D eigenvalue weighted by atomic mass is 35.5. The van der Waals surface area contributed by atoms with Crippen LogP contribution in [0.5, 0.6) is 0 Å². The first-order valence-electron chi connectivity index (χ1n) is 5.50. The molecule has 0 aromatic heterocycles. The molecule has 0 amide bonds. The minimum absolute atomic E-state index is 0.156. The summed E-state index contributed by atoms with van der Waals surface area (Å²) in [5.74, 6) is -0.156. The monoisotopic (exact) mass is 310 g/mol. The lowest BCUT2D eigenvalue weighted by Crippen LogP contribution is -1.94. The summed E-state index contributed by atoms with van der Waals surface area (Å²) in [6.07, 6.45) is 3.13. The largest absolute Gasteiger partial charge is 0.289 e. The van der Waals surface area contributed by atoms with Gasteiger partial charge in [0.15, 0.2) is 5.78 Å². The molecule has 0 atom stereocenters. The topological polar surface area (TPSA) is 17.1 Å². The number of carbonyl (C=O) groups is 1. The molecule has 0 N–H and O–H groups in total. The number of halogens is 3. The SMILES string of the molecule is O=C(/C=C/c1ccc(Cl)c(Cl)c1)c1ccccc1Cl. The van der Waals surface area contributed by atoms with Gasteiger partial charge in [0.05, 0.1) is 15.1 Å². The maximum Gasteiger partial charge on any atom is 0.187 e. The van der Waals surface area contributed by atoms with Crippen molar-refractivity contribution < 1.29 is 4.79 Å². The zero-order valence-electron chi connectivity index (χ0n) is 9.74. The predicted molar refractivity (Wildman–Crippen MR) is 81.3 cm³/mol. The number of hydrogen-bond donors (Lipinski definition) is 0. The third kappa shape index (κ3) is 3.60. The van der Waals surface area contributed by atoms with E-state index >= 15 is 0 Å². The predicted octanol–water partition coefficient (Wildman–Crippen LogP) is 5.54. The van der Waals surface area contributed by atoms with E-state index in [0.717, 1.165) is 5.56 Å². The van der Waals surface area contributed by atoms with Crippen molar-refractivity contribution in [3.63, 3.8) is 0 Å². The fourth-order valence-corrected chi connectivity index (χ4v) is 2.07. The van der Waals surface area contributed by atoms with E-state index in [0.29, 0.717) is 20.6 Å². The van der Waals surface area contributed by atoms with Crippen molar-refractivity contribution >= 4 is 46.7 Å². The van der Waals surface area contributed by atoms with Gasteiger partial charge in [-0.25, -0.2) is 0 Å². The van der Waals surface area contributed by atoms with Crippen molar-refractivity contribution in [3.8, 4) is 0 Å². The van der Waals surface area contributed by atoms with Crippen molar-refractivity contribution in [2.45, 2.75) is 0 Å². The normalized spacial score (nSPS) is 10.9. The molecule has 0 spiro atoms. The summed E-state index contributed by atoms with van der Waals surface area (Å²) in [5, 5.41) is 1.37. The van der Waals surface area contributed by atoms with Crippen LogP contribution in [0.25, 0.3) is 6.08 Å². The number of hydrogen-bond acceptors (Lipinski definition) is 1. The summed E-state index contributed by atoms with van der Waals surface area (Å²) in [7, 11) is 0. The minimum atomic E-state index is -0.156. The lowest BCUT2D eigenvalue weighted by Gasteiger charge is -1.99. The van der Waals surface area contributed by atoms with E-state index < -0.39 is 0 Å². The van der Waals surface area contributed by atoms with E-state index in [9.17, 15) is 4.79 Å². The first-order valence-corrected chi connectivity index (χ1v) is 6.63. The van der Waals surface area contributed by atoms with Gasteiger partial charge in [0.25, 0.3) is 0 Å². The average Bonchev–Trinajstić information content (AvgIpc) is 2.40. The molecule has 0 unspecified atom stereocenters. The van der Waals surface area contributed by atoms with Crippen LogP contribution in [0.1, 0.15) is 15.9 Å². The third-order valence-corrected chi connectivity index (χ3v) is 3.58. The van der Waals surface area contributed by atoms with Crippen LogP contribution in [0.4, 0.5) is 0 Å². The van der Waals surface area contributed by atoms with Crippen LogP contribution in [-0.2, 0) is 0 Å². The minimum Gasteiger partial charge on any atom is -0.289 e. The molecular formula is C15H9Cl3O. The molecule has 2 rings (SSSR count). The smallest absolute Gasteiger partial charge is 0.187 e. The second-order valence-corrected chi connectivity index (χ2v) is 5.07. The van der Waals surface area contributed by atoms with Gasteiger partial charge < -0.3 is 0 Å². The maximum atomic E-state index is 12.0. The molecule has 0 aliphatic rings. The summed E-state index contributed by atoms with van der Waals surface area (Å²) in [5.41, 5.74) is 1.27. The molecule has 0 aliphatic carbocycles. The van der Waals surface area contributed by atoms with E-state index in [4.69, 9.17) is 34.8 Å². The van der Waals surface area contributed by atoms with E-state index in [2.05, 4.69) is 0 Å². The van der Waals surface area contributed by atoms with Gasteiger partial charge in [-0.2, -0.15) is 0 Å². The number of ketones is 1. The Bertz CT molecular complexity index is 648. The Balaban J connectivity index is 2.21. The molecule has 4 heteroatoms. The number of benzene rings is 2. The second kappa shape index (κ2) is 6.25. The molecule has 1 nitrogen and oxygen atoms in total. The molecule has 0 bridgehead atoms. The van der Waals surface area contributed by atoms with Gasteiger partial charge in [-0.05, 0) is 35.9 Å². The Morgan fingerprint density at radius 3 is 2.32 bits per heavy atom. The van der Waals surface area contributed by atoms with Crippen LogP contribution in [0, 0.1) is 0 Å². The van der Waals surface area contributed by atoms with Gasteiger partial charge in [-0.3, -0.25) is 4.79 Å². The van der Waals surface area contributed by atoms with Crippen LogP contribution < -0.4 is 0 Å². The lowest BCUT2D eigenvalue weighted by atomic mass is 10.1. The van der Waals surface area contributed by atoms with Crippen LogP contribution in [0.15, 0.2) is 48.5 Å². The fraction of sp³-hybridized carbons (Fsp3) is 0. The Labute approximate surface area is 126 Å². The molecule has 19 heavy (non-hydrogen) atoms. The van der Waals surface area contributed by atoms with Crippen LogP contribution in [0.3, 0.4) is 0 Å². The van der Waals surface area contributed by atoms with Gasteiger partial charge in [-0.15, -0.1) is 0 Å². The average molecular weight is 312 g/mol. The standard InChI is InChI=1S/C15H9Cl3O/c16-12-4-2-1-3-11(12)15(19)8-6-10-5-7-13(17)14(18)9-10/h1-9H/b8-6+. The first kappa shape index (κ1) is 14.1. The molecule has 0 radical (unpaired) electrons. The Hall–Kier alpha value is -1.28. The van der Waals surface area contributed by atoms with Gasteiger partial charge in [0.1, 0.15) is 0 Å². The summed E-state index contributed by atoms with van der Waals surface area (Å²) >= 11 is 17.7. The van der Waals surface area contributed by atoms with Crippen molar-refractivity contribution in [2.24, 2.45) is 0 Å². The van der Waals surface area contributed by atoms with Crippen LogP contribution in [0.2, 0.25) is 15.1 Å². The van der Waals surface area contributed by atoms with E-state index in [1.165, 1.54) is 6.08 Å². The number of rotatable bonds is 3. The lowest BCUT2D eigenvalue weighted by molar-refractivity contribution is 0.104. The maximum absolute atomic E-state index is 12.0. The summed E-state index contributed by atoms with van der Waals surface area (Å²) in [4.78, 5) is 12.0. The summed E-state index contributed by atoms with van der Waals surface area (Å²) in [6, 6.07) is 12.1. The Morgan fingerprint density at radius 1 is 0.895 bits per heavy atom. The Kier molecular flexibility index (Phi) is 4.65. The molecule has 2 aromatic rings. The zero-order valence-corrected chi connectivity index (χ0v) is 12.0. The Morgan fingerprint density at radius 2 is 1.63 bits per heavy atom. The van der Waals surface area contributed by atoms with Crippen molar-refractivity contribution in [1.82, 2.24) is 0 Å². The van der Waals surface area contributed by atoms with Gasteiger partial charge in [0.2, 0.25) is 0 Å². The molecule has 0 heterocycles. The highest BCUT2D eigenvalue weighted by molar-refractivity contribution is 6.42. The van der Waals surface area contributed by atoms with Crippen LogP contribution >= 0.6 is 34.8 Å². The third-order valence-electron chi connectivity index (χ3n) is 2.51. The molecular weight excluding hydrogens is 303 g/mol. The molecule has 2 aromatic carbocycles. The van der Waals surface area contributed by atoms with Gasteiger partial charge in [-0.1, -0.05) is 59.1 Å². The number of allylic oxidation sites excluding steroid dienone is 1. The zero-order chi connectivity index (χ0) is 13.8. The van der Waals surface area contributed by atoms with Crippen molar-refractivity contribution in [3.05, 3.63) is 74.7 Å². The highest BCUT2D eigenvalue weighted by Gasteiger charge is 2.05. The van der Waals surface area contributed by atoms with Crippen molar-refractivity contribution in [1.29, 1.82) is 0 Å². The molecule has 0 saturated carbocycles. The molecule has 96 valence electrons. The summed E-state index contributed by atoms with van der Waals surface area (Å²) < 4.78 is 0. The number of carbonyl (C=O) groups excluding carboxylic acids is 1. The van der Waals surface area contributed by atoms with E-state index in [1.807, 2.05) is 0 Å². The second-order valence-electron chi connectivity index (χ2n) is 3.85. The highest BCUT2D eigenvalue weighted by Crippen LogP contribution is 2.23. The van der Waals surface area contributed by atoms with Gasteiger partial charge >= 0.3 is 0 Å². The van der Waals surface area contributed by atoms with Crippen LogP contribution in [-0.4, -0.2) is 5.78 Å².